The lowest BCUT2D eigenvalue weighted by atomic mass is 10.1. The van der Waals surface area contributed by atoms with Crippen molar-refractivity contribution in [3.05, 3.63) is 96.0 Å². The molecule has 28 heavy (non-hydrogen) atoms. The van der Waals surface area contributed by atoms with Crippen molar-refractivity contribution in [3.8, 4) is 5.75 Å². The van der Waals surface area contributed by atoms with Crippen molar-refractivity contribution in [1.82, 2.24) is 5.43 Å². The number of hydrazone groups is 1. The summed E-state index contributed by atoms with van der Waals surface area (Å²) in [5.41, 5.74) is 4.16. The number of amides is 1. The van der Waals surface area contributed by atoms with Crippen LogP contribution in [0.25, 0.3) is 6.08 Å². The molecule has 0 unspecified atom stereocenters. The molecule has 0 bridgehead atoms. The maximum Gasteiger partial charge on any atom is 0.336 e. The van der Waals surface area contributed by atoms with Crippen molar-refractivity contribution in [2.24, 2.45) is 5.10 Å². The van der Waals surface area contributed by atoms with Crippen LogP contribution in [0, 0.1) is 0 Å². The Labute approximate surface area is 162 Å². The van der Waals surface area contributed by atoms with Crippen LogP contribution in [0.4, 0.5) is 0 Å². The summed E-state index contributed by atoms with van der Waals surface area (Å²) < 4.78 is 10.3. The van der Waals surface area contributed by atoms with Gasteiger partial charge in [-0.15, -0.1) is 0 Å². The van der Waals surface area contributed by atoms with E-state index in [4.69, 9.17) is 9.15 Å². The molecule has 6 nitrogen and oxygen atoms in total. The van der Waals surface area contributed by atoms with Crippen LogP contribution in [-0.2, 0) is 16.0 Å². The number of furan rings is 1. The van der Waals surface area contributed by atoms with Crippen LogP contribution in [0.15, 0.2) is 88.6 Å². The van der Waals surface area contributed by atoms with Crippen molar-refractivity contribution < 1.29 is 18.7 Å². The molecular formula is C22H18N2O4. The molecule has 6 heteroatoms. The van der Waals surface area contributed by atoms with Gasteiger partial charge in [0.1, 0.15) is 11.5 Å². The molecule has 0 aliphatic rings. The zero-order valence-corrected chi connectivity index (χ0v) is 14.9. The molecule has 0 aliphatic heterocycles. The lowest BCUT2D eigenvalue weighted by molar-refractivity contribution is -0.129. The number of nitrogens with zero attached hydrogens (tertiary/aromatic N) is 1. The fourth-order valence-electron chi connectivity index (χ4n) is 2.31. The van der Waals surface area contributed by atoms with Crippen molar-refractivity contribution in [2.45, 2.75) is 6.42 Å². The molecule has 3 rings (SSSR count). The molecule has 0 aliphatic carbocycles. The van der Waals surface area contributed by atoms with Crippen molar-refractivity contribution in [2.75, 3.05) is 0 Å². The third-order valence-corrected chi connectivity index (χ3v) is 3.64. The highest BCUT2D eigenvalue weighted by atomic mass is 16.5. The molecule has 0 spiro atoms. The first-order valence-electron chi connectivity index (χ1n) is 8.58. The standard InChI is InChI=1S/C22H18N2O4/c25-21(15-17-5-2-1-3-6-17)24-23-16-18-8-10-20(11-9-18)28-22(26)13-12-19-7-4-14-27-19/h1-14,16H,15H2,(H,24,25)/b13-12+,23-16?. The van der Waals surface area contributed by atoms with Crippen LogP contribution in [0.3, 0.4) is 0 Å². The molecule has 2 aromatic carbocycles. The quantitative estimate of drug-likeness (QED) is 0.225. The van der Waals surface area contributed by atoms with E-state index < -0.39 is 5.97 Å². The summed E-state index contributed by atoms with van der Waals surface area (Å²) in [4.78, 5) is 23.6. The van der Waals surface area contributed by atoms with Gasteiger partial charge in [-0.25, -0.2) is 10.2 Å². The van der Waals surface area contributed by atoms with Crippen LogP contribution in [0.1, 0.15) is 16.9 Å². The summed E-state index contributed by atoms with van der Waals surface area (Å²) in [6.07, 6.45) is 6.12. The molecule has 0 saturated heterocycles. The monoisotopic (exact) mass is 374 g/mol. The zero-order valence-electron chi connectivity index (χ0n) is 14.9. The van der Waals surface area contributed by atoms with Gasteiger partial charge < -0.3 is 9.15 Å². The number of carbonyl (C=O) groups is 2. The Morgan fingerprint density at radius 2 is 1.79 bits per heavy atom. The summed E-state index contributed by atoms with van der Waals surface area (Å²) in [7, 11) is 0. The zero-order chi connectivity index (χ0) is 19.6. The first-order chi connectivity index (χ1) is 13.7. The van der Waals surface area contributed by atoms with E-state index in [1.54, 1.807) is 36.4 Å². The second kappa shape index (κ2) is 9.68. The molecule has 1 amide bonds. The van der Waals surface area contributed by atoms with E-state index in [0.717, 1.165) is 11.1 Å². The smallest absolute Gasteiger partial charge is 0.336 e. The van der Waals surface area contributed by atoms with Gasteiger partial charge in [-0.2, -0.15) is 5.10 Å². The predicted molar refractivity (Wildman–Crippen MR) is 106 cm³/mol. The summed E-state index contributed by atoms with van der Waals surface area (Å²) >= 11 is 0. The fraction of sp³-hybridized carbons (Fsp3) is 0.0455. The SMILES string of the molecule is O=C(Cc1ccccc1)NN=Cc1ccc(OC(=O)/C=C/c2ccco2)cc1. The third kappa shape index (κ3) is 6.10. The van der Waals surface area contributed by atoms with Gasteiger partial charge in [0.15, 0.2) is 0 Å². The highest BCUT2D eigenvalue weighted by molar-refractivity contribution is 5.88. The number of esters is 1. The first kappa shape index (κ1) is 18.8. The van der Waals surface area contributed by atoms with Crippen LogP contribution in [0.5, 0.6) is 5.75 Å². The number of hydrogen-bond donors (Lipinski definition) is 1. The molecular weight excluding hydrogens is 356 g/mol. The summed E-state index contributed by atoms with van der Waals surface area (Å²) in [5, 5.41) is 3.93. The minimum Gasteiger partial charge on any atom is -0.465 e. The fourth-order valence-corrected chi connectivity index (χ4v) is 2.31. The third-order valence-electron chi connectivity index (χ3n) is 3.64. The Balaban J connectivity index is 1.46. The normalized spacial score (nSPS) is 11.0. The highest BCUT2D eigenvalue weighted by Crippen LogP contribution is 2.12. The van der Waals surface area contributed by atoms with E-state index in [2.05, 4.69) is 10.5 Å². The second-order valence-electron chi connectivity index (χ2n) is 5.79. The van der Waals surface area contributed by atoms with Gasteiger partial charge >= 0.3 is 5.97 Å². The van der Waals surface area contributed by atoms with Gasteiger partial charge in [-0.1, -0.05) is 30.3 Å². The summed E-state index contributed by atoms with van der Waals surface area (Å²) in [6.45, 7) is 0. The van der Waals surface area contributed by atoms with Gasteiger partial charge in [0.25, 0.3) is 0 Å². The molecule has 0 atom stereocenters. The van der Waals surface area contributed by atoms with Crippen molar-refractivity contribution in [1.29, 1.82) is 0 Å². The number of ether oxygens (including phenoxy) is 1. The number of carbonyl (C=O) groups excluding carboxylic acids is 2. The Bertz CT molecular complexity index is 960. The Morgan fingerprint density at radius 3 is 2.50 bits per heavy atom. The minimum atomic E-state index is -0.508. The van der Waals surface area contributed by atoms with Gasteiger partial charge in [-0.3, -0.25) is 4.79 Å². The van der Waals surface area contributed by atoms with Gasteiger partial charge in [-0.05, 0) is 53.6 Å². The van der Waals surface area contributed by atoms with Crippen molar-refractivity contribution >= 4 is 24.2 Å². The second-order valence-corrected chi connectivity index (χ2v) is 5.79. The van der Waals surface area contributed by atoms with E-state index in [0.29, 0.717) is 11.5 Å². The van der Waals surface area contributed by atoms with E-state index in [-0.39, 0.29) is 12.3 Å². The molecule has 1 N–H and O–H groups in total. The average Bonchev–Trinajstić information content (AvgIpc) is 3.22. The first-order valence-corrected chi connectivity index (χ1v) is 8.58. The number of benzene rings is 2. The topological polar surface area (TPSA) is 80.9 Å². The Hall–Kier alpha value is -3.93. The molecule has 3 aromatic rings. The van der Waals surface area contributed by atoms with Crippen LogP contribution >= 0.6 is 0 Å². The largest absolute Gasteiger partial charge is 0.465 e. The van der Waals surface area contributed by atoms with E-state index in [1.807, 2.05) is 30.3 Å². The molecule has 140 valence electrons. The summed E-state index contributed by atoms with van der Waals surface area (Å²) in [6, 6.07) is 19.6. The maximum absolute atomic E-state index is 11.8. The number of hydrogen-bond acceptors (Lipinski definition) is 5. The van der Waals surface area contributed by atoms with E-state index in [1.165, 1.54) is 24.6 Å². The van der Waals surface area contributed by atoms with Crippen LogP contribution in [-0.4, -0.2) is 18.1 Å². The van der Waals surface area contributed by atoms with Gasteiger partial charge in [0.2, 0.25) is 5.91 Å². The van der Waals surface area contributed by atoms with E-state index >= 15 is 0 Å². The lowest BCUT2D eigenvalue weighted by Crippen LogP contribution is -2.19. The number of rotatable bonds is 7. The molecule has 0 fully saturated rings. The Kier molecular flexibility index (Phi) is 6.52. The van der Waals surface area contributed by atoms with Crippen molar-refractivity contribution in [3.63, 3.8) is 0 Å². The minimum absolute atomic E-state index is 0.198. The van der Waals surface area contributed by atoms with Gasteiger partial charge in [0.05, 0.1) is 18.9 Å². The maximum atomic E-state index is 11.8. The number of nitrogens with one attached hydrogen (secondary N) is 1. The Morgan fingerprint density at radius 1 is 1.00 bits per heavy atom. The molecule has 0 radical (unpaired) electrons. The average molecular weight is 374 g/mol. The van der Waals surface area contributed by atoms with E-state index in [9.17, 15) is 9.59 Å². The van der Waals surface area contributed by atoms with Crippen LogP contribution < -0.4 is 10.2 Å². The lowest BCUT2D eigenvalue weighted by Gasteiger charge is -2.02. The van der Waals surface area contributed by atoms with Crippen LogP contribution in [0.2, 0.25) is 0 Å². The molecule has 0 saturated carbocycles. The highest BCUT2D eigenvalue weighted by Gasteiger charge is 2.02. The van der Waals surface area contributed by atoms with Gasteiger partial charge in [0, 0.05) is 6.08 Å². The molecule has 1 aromatic heterocycles. The predicted octanol–water partition coefficient (Wildman–Crippen LogP) is 3.59. The molecule has 1 heterocycles. The summed E-state index contributed by atoms with van der Waals surface area (Å²) in [5.74, 6) is 0.263.